The van der Waals surface area contributed by atoms with Crippen molar-refractivity contribution in [1.29, 1.82) is 0 Å². The first-order chi connectivity index (χ1) is 9.63. The Hall–Kier alpha value is -1.09. The molecular weight excluding hydrogens is 274 g/mol. The van der Waals surface area contributed by atoms with Gasteiger partial charge in [-0.25, -0.2) is 0 Å². The van der Waals surface area contributed by atoms with Gasteiger partial charge in [-0.05, 0) is 49.9 Å². The van der Waals surface area contributed by atoms with Crippen LogP contribution in [0.5, 0.6) is 0 Å². The molecule has 0 heterocycles. The molecule has 4 atom stereocenters. The third-order valence-corrected chi connectivity index (χ3v) is 5.41. The summed E-state index contributed by atoms with van der Waals surface area (Å²) in [5.74, 6) is 2.55. The highest BCUT2D eigenvalue weighted by Gasteiger charge is 2.40. The Bertz CT molecular complexity index is 505. The first kappa shape index (κ1) is 13.9. The van der Waals surface area contributed by atoms with Crippen molar-refractivity contribution in [1.82, 2.24) is 0 Å². The zero-order chi connectivity index (χ0) is 14.1. The number of hydrogen-bond donors (Lipinski definition) is 0. The molecule has 2 fully saturated rings. The summed E-state index contributed by atoms with van der Waals surface area (Å²) >= 11 is 6.49. The number of fused-ring (bicyclic) bond motifs is 2. The van der Waals surface area contributed by atoms with Crippen molar-refractivity contribution in [3.8, 4) is 0 Å². The molecule has 4 heteroatoms. The lowest BCUT2D eigenvalue weighted by molar-refractivity contribution is -0.385. The number of rotatable bonds is 5. The number of alkyl halides is 1. The van der Waals surface area contributed by atoms with E-state index in [9.17, 15) is 10.1 Å². The van der Waals surface area contributed by atoms with Gasteiger partial charge in [0.25, 0.3) is 5.69 Å². The maximum absolute atomic E-state index is 11.0. The largest absolute Gasteiger partial charge is 0.272 e. The third-order valence-electron chi connectivity index (χ3n) is 5.07. The first-order valence-corrected chi connectivity index (χ1v) is 7.93. The highest BCUT2D eigenvalue weighted by Crippen LogP contribution is 2.50. The van der Waals surface area contributed by atoms with Crippen LogP contribution < -0.4 is 0 Å². The third kappa shape index (κ3) is 2.83. The molecule has 0 spiro atoms. The normalized spacial score (nSPS) is 29.6. The lowest BCUT2D eigenvalue weighted by atomic mass is 9.84. The molecule has 20 heavy (non-hydrogen) atoms. The summed E-state index contributed by atoms with van der Waals surface area (Å²) < 4.78 is 0. The van der Waals surface area contributed by atoms with Crippen molar-refractivity contribution in [3.63, 3.8) is 0 Å². The predicted octanol–water partition coefficient (Wildman–Crippen LogP) is 4.57. The van der Waals surface area contributed by atoms with Crippen LogP contribution in [0.2, 0.25) is 0 Å². The Morgan fingerprint density at radius 3 is 2.75 bits per heavy atom. The van der Waals surface area contributed by atoms with Crippen LogP contribution in [0.15, 0.2) is 24.3 Å². The van der Waals surface area contributed by atoms with Crippen molar-refractivity contribution < 1.29 is 4.92 Å². The second-order valence-corrected chi connectivity index (χ2v) is 6.98. The van der Waals surface area contributed by atoms with Crippen molar-refractivity contribution in [2.24, 2.45) is 17.8 Å². The van der Waals surface area contributed by atoms with Crippen LogP contribution in [0.4, 0.5) is 5.69 Å². The highest BCUT2D eigenvalue weighted by molar-refractivity contribution is 6.20. The molecule has 3 nitrogen and oxygen atoms in total. The Balaban J connectivity index is 1.61. The first-order valence-electron chi connectivity index (χ1n) is 7.50. The standard InChI is InChI=1S/C16H20ClNO2/c17-15(10-14-8-11-5-6-12(14)7-11)9-13-3-1-2-4-16(13)18(19)20/h1-4,11-12,14-15H,5-10H2. The van der Waals surface area contributed by atoms with E-state index in [0.29, 0.717) is 6.42 Å². The molecule has 2 saturated carbocycles. The van der Waals surface area contributed by atoms with Crippen LogP contribution in [-0.2, 0) is 6.42 Å². The lowest BCUT2D eigenvalue weighted by Gasteiger charge is -2.23. The molecule has 2 aliphatic rings. The maximum atomic E-state index is 11.0. The minimum absolute atomic E-state index is 0.0143. The van der Waals surface area contributed by atoms with Crippen molar-refractivity contribution >= 4 is 17.3 Å². The molecule has 2 bridgehead atoms. The van der Waals surface area contributed by atoms with Crippen molar-refractivity contribution in [2.75, 3.05) is 0 Å². The van der Waals surface area contributed by atoms with E-state index in [1.54, 1.807) is 12.1 Å². The summed E-state index contributed by atoms with van der Waals surface area (Å²) in [4.78, 5) is 10.7. The molecule has 1 aromatic rings. The molecule has 0 N–H and O–H groups in total. The van der Waals surface area contributed by atoms with Crippen LogP contribution in [0, 0.1) is 27.9 Å². The number of nitro groups is 1. The fourth-order valence-electron chi connectivity index (χ4n) is 4.18. The van der Waals surface area contributed by atoms with E-state index >= 15 is 0 Å². The highest BCUT2D eigenvalue weighted by atomic mass is 35.5. The summed E-state index contributed by atoms with van der Waals surface area (Å²) in [7, 11) is 0. The summed E-state index contributed by atoms with van der Waals surface area (Å²) in [6.45, 7) is 0. The van der Waals surface area contributed by atoms with Gasteiger partial charge in [-0.3, -0.25) is 10.1 Å². The van der Waals surface area contributed by atoms with E-state index in [2.05, 4.69) is 0 Å². The summed E-state index contributed by atoms with van der Waals surface area (Å²) in [5, 5.41) is 11.0. The van der Waals surface area contributed by atoms with Gasteiger partial charge in [-0.15, -0.1) is 11.6 Å². The Morgan fingerprint density at radius 1 is 1.30 bits per heavy atom. The van der Waals surface area contributed by atoms with Gasteiger partial charge in [-0.1, -0.05) is 24.6 Å². The fraction of sp³-hybridized carbons (Fsp3) is 0.625. The van der Waals surface area contributed by atoms with Gasteiger partial charge in [0.1, 0.15) is 0 Å². The smallest absolute Gasteiger partial charge is 0.258 e. The van der Waals surface area contributed by atoms with Gasteiger partial charge >= 0.3 is 0 Å². The van der Waals surface area contributed by atoms with E-state index in [-0.39, 0.29) is 16.0 Å². The summed E-state index contributed by atoms with van der Waals surface area (Å²) in [5.41, 5.74) is 0.965. The van der Waals surface area contributed by atoms with Gasteiger partial charge < -0.3 is 0 Å². The molecule has 0 saturated heterocycles. The van der Waals surface area contributed by atoms with Crippen LogP contribution in [0.1, 0.15) is 37.7 Å². The van der Waals surface area contributed by atoms with Crippen LogP contribution in [-0.4, -0.2) is 10.3 Å². The number of halogens is 1. The minimum Gasteiger partial charge on any atom is -0.258 e. The number of benzene rings is 1. The van der Waals surface area contributed by atoms with Crippen LogP contribution in [0.25, 0.3) is 0 Å². The van der Waals surface area contributed by atoms with Crippen molar-refractivity contribution in [2.45, 2.75) is 43.9 Å². The molecule has 2 aliphatic carbocycles. The molecular formula is C16H20ClNO2. The number of para-hydroxylation sites is 1. The van der Waals surface area contributed by atoms with Crippen molar-refractivity contribution in [3.05, 3.63) is 39.9 Å². The van der Waals surface area contributed by atoms with Crippen LogP contribution >= 0.6 is 11.6 Å². The van der Waals surface area contributed by atoms with Gasteiger partial charge in [0.05, 0.1) is 4.92 Å². The minimum atomic E-state index is -0.309. The topological polar surface area (TPSA) is 43.1 Å². The van der Waals surface area contributed by atoms with Gasteiger partial charge in [0.15, 0.2) is 0 Å². The predicted molar refractivity (Wildman–Crippen MR) is 80.0 cm³/mol. The van der Waals surface area contributed by atoms with Gasteiger partial charge in [-0.2, -0.15) is 0 Å². The zero-order valence-corrected chi connectivity index (χ0v) is 12.3. The molecule has 0 aromatic heterocycles. The fourth-order valence-corrected chi connectivity index (χ4v) is 4.57. The Kier molecular flexibility index (Phi) is 3.97. The number of hydrogen-bond acceptors (Lipinski definition) is 2. The SMILES string of the molecule is O=[N+]([O-])c1ccccc1CC(Cl)CC1CC2CCC1C2. The zero-order valence-electron chi connectivity index (χ0n) is 11.5. The van der Waals surface area contributed by atoms with Gasteiger partial charge in [0.2, 0.25) is 0 Å². The molecule has 0 amide bonds. The molecule has 1 aromatic carbocycles. The number of nitro benzene ring substituents is 1. The Morgan fingerprint density at radius 2 is 2.10 bits per heavy atom. The number of nitrogens with zero attached hydrogens (tertiary/aromatic N) is 1. The summed E-state index contributed by atoms with van der Waals surface area (Å²) in [6.07, 6.45) is 7.09. The van der Waals surface area contributed by atoms with E-state index in [4.69, 9.17) is 11.6 Å². The Labute approximate surface area is 124 Å². The summed E-state index contributed by atoms with van der Waals surface area (Å²) in [6, 6.07) is 6.95. The van der Waals surface area contributed by atoms with E-state index < -0.39 is 0 Å². The van der Waals surface area contributed by atoms with Crippen LogP contribution in [0.3, 0.4) is 0 Å². The second-order valence-electron chi connectivity index (χ2n) is 6.36. The maximum Gasteiger partial charge on any atom is 0.272 e. The molecule has 4 unspecified atom stereocenters. The van der Waals surface area contributed by atoms with Gasteiger partial charge in [0, 0.05) is 17.0 Å². The average Bonchev–Trinajstić information content (AvgIpc) is 3.01. The molecule has 0 aliphatic heterocycles. The molecule has 108 valence electrons. The lowest BCUT2D eigenvalue weighted by Crippen LogP contribution is -2.17. The van der Waals surface area contributed by atoms with E-state index in [1.807, 2.05) is 12.1 Å². The quantitative estimate of drug-likeness (QED) is 0.453. The van der Waals surface area contributed by atoms with E-state index in [0.717, 1.165) is 29.7 Å². The van der Waals surface area contributed by atoms with E-state index in [1.165, 1.54) is 25.7 Å². The monoisotopic (exact) mass is 293 g/mol. The average molecular weight is 294 g/mol. The molecule has 0 radical (unpaired) electrons. The molecule has 3 rings (SSSR count). The second kappa shape index (κ2) is 5.72.